The van der Waals surface area contributed by atoms with E-state index in [0.717, 1.165) is 17.6 Å². The summed E-state index contributed by atoms with van der Waals surface area (Å²) in [7, 11) is 0. The van der Waals surface area contributed by atoms with E-state index in [1.807, 2.05) is 30.0 Å². The second kappa shape index (κ2) is 5.02. The minimum atomic E-state index is 0.580. The van der Waals surface area contributed by atoms with Crippen molar-refractivity contribution in [1.82, 2.24) is 9.55 Å². The van der Waals surface area contributed by atoms with Gasteiger partial charge in [0.1, 0.15) is 5.52 Å². The number of hydrogen-bond acceptors (Lipinski definition) is 3. The summed E-state index contributed by atoms with van der Waals surface area (Å²) >= 11 is 8.19. The molecule has 3 nitrogen and oxygen atoms in total. The molecule has 2 heterocycles. The van der Waals surface area contributed by atoms with Gasteiger partial charge >= 0.3 is 0 Å². The number of fused-ring (bicyclic) bond motifs is 1. The number of rotatable bonds is 2. The molecule has 0 aliphatic carbocycles. The van der Waals surface area contributed by atoms with Crippen LogP contribution >= 0.6 is 23.4 Å². The van der Waals surface area contributed by atoms with Crippen molar-refractivity contribution in [2.24, 2.45) is 5.92 Å². The quantitative estimate of drug-likeness (QED) is 0.917. The second-order valence-electron chi connectivity index (χ2n) is 4.74. The Kier molecular flexibility index (Phi) is 3.39. The highest BCUT2D eigenvalue weighted by Gasteiger charge is 2.18. The van der Waals surface area contributed by atoms with Crippen molar-refractivity contribution in [3.63, 3.8) is 0 Å². The molecule has 3 rings (SSSR count). The molecule has 0 atom stereocenters. The smallest absolute Gasteiger partial charge is 0.201 e. The predicted molar refractivity (Wildman–Crippen MR) is 79.2 cm³/mol. The van der Waals surface area contributed by atoms with Crippen molar-refractivity contribution < 1.29 is 0 Å². The molecule has 0 unspecified atom stereocenters. The predicted octanol–water partition coefficient (Wildman–Crippen LogP) is 3.42. The Morgan fingerprint density at radius 1 is 1.39 bits per heavy atom. The minimum Gasteiger partial charge on any atom is -0.369 e. The Labute approximate surface area is 116 Å². The van der Waals surface area contributed by atoms with Crippen LogP contribution in [0.15, 0.2) is 18.2 Å². The van der Waals surface area contributed by atoms with Crippen LogP contribution in [0.4, 0.5) is 5.95 Å². The number of nitrogen functional groups attached to an aromatic ring is 1. The third-order valence-corrected chi connectivity index (χ3v) is 4.89. The fourth-order valence-electron chi connectivity index (χ4n) is 2.51. The van der Waals surface area contributed by atoms with Gasteiger partial charge in [-0.3, -0.25) is 0 Å². The molecule has 1 aromatic heterocycles. The molecule has 0 bridgehead atoms. The second-order valence-corrected chi connectivity index (χ2v) is 6.38. The average Bonchev–Trinajstić information content (AvgIpc) is 2.70. The Morgan fingerprint density at radius 2 is 2.17 bits per heavy atom. The zero-order chi connectivity index (χ0) is 12.5. The van der Waals surface area contributed by atoms with Crippen LogP contribution in [0.1, 0.15) is 12.8 Å². The van der Waals surface area contributed by atoms with Gasteiger partial charge in [0.15, 0.2) is 0 Å². The van der Waals surface area contributed by atoms with E-state index in [0.29, 0.717) is 16.9 Å². The van der Waals surface area contributed by atoms with Crippen molar-refractivity contribution in [2.75, 3.05) is 17.2 Å². The average molecular weight is 282 g/mol. The maximum atomic E-state index is 6.15. The first kappa shape index (κ1) is 12.2. The lowest BCUT2D eigenvalue weighted by Gasteiger charge is -2.22. The third kappa shape index (κ3) is 2.19. The van der Waals surface area contributed by atoms with Gasteiger partial charge in [-0.2, -0.15) is 11.8 Å². The molecule has 1 aliphatic rings. The van der Waals surface area contributed by atoms with E-state index < -0.39 is 0 Å². The lowest BCUT2D eigenvalue weighted by Crippen LogP contribution is -2.17. The molecule has 1 aliphatic heterocycles. The molecule has 0 spiro atoms. The van der Waals surface area contributed by atoms with Gasteiger partial charge < -0.3 is 10.3 Å². The third-order valence-electron chi connectivity index (χ3n) is 3.54. The highest BCUT2D eigenvalue weighted by atomic mass is 35.5. The van der Waals surface area contributed by atoms with E-state index >= 15 is 0 Å². The number of hydrogen-bond donors (Lipinski definition) is 1. The standard InChI is InChI=1S/C13H16ClN3S/c14-10-2-1-3-11-12(10)16-13(15)17(11)8-9-4-6-18-7-5-9/h1-3,9H,4-8H2,(H2,15,16). The Balaban J connectivity index is 1.95. The van der Waals surface area contributed by atoms with Crippen LogP contribution < -0.4 is 5.73 Å². The Bertz CT molecular complexity index is 561. The molecule has 1 saturated heterocycles. The number of nitrogens with two attached hydrogens (primary N) is 1. The largest absolute Gasteiger partial charge is 0.369 e. The molecule has 2 N–H and O–H groups in total. The minimum absolute atomic E-state index is 0.580. The topological polar surface area (TPSA) is 43.8 Å². The van der Waals surface area contributed by atoms with Crippen LogP contribution in [-0.2, 0) is 6.54 Å². The van der Waals surface area contributed by atoms with Gasteiger partial charge in [0.2, 0.25) is 5.95 Å². The summed E-state index contributed by atoms with van der Waals surface area (Å²) in [6, 6.07) is 5.86. The van der Waals surface area contributed by atoms with E-state index in [2.05, 4.69) is 9.55 Å². The van der Waals surface area contributed by atoms with E-state index in [-0.39, 0.29) is 0 Å². The van der Waals surface area contributed by atoms with Crippen molar-refractivity contribution in [2.45, 2.75) is 19.4 Å². The number of halogens is 1. The normalized spacial score (nSPS) is 17.4. The highest BCUT2D eigenvalue weighted by molar-refractivity contribution is 7.99. The highest BCUT2D eigenvalue weighted by Crippen LogP contribution is 2.29. The van der Waals surface area contributed by atoms with E-state index in [4.69, 9.17) is 17.3 Å². The van der Waals surface area contributed by atoms with Crippen molar-refractivity contribution >= 4 is 40.3 Å². The maximum Gasteiger partial charge on any atom is 0.201 e. The molecule has 18 heavy (non-hydrogen) atoms. The molecular formula is C13H16ClN3S. The van der Waals surface area contributed by atoms with E-state index in [9.17, 15) is 0 Å². The van der Waals surface area contributed by atoms with E-state index in [1.54, 1.807) is 0 Å². The van der Waals surface area contributed by atoms with Crippen LogP contribution in [-0.4, -0.2) is 21.1 Å². The molecule has 5 heteroatoms. The number of aromatic nitrogens is 2. The van der Waals surface area contributed by atoms with Gasteiger partial charge in [-0.1, -0.05) is 17.7 Å². The molecular weight excluding hydrogens is 266 g/mol. The SMILES string of the molecule is Nc1nc2c(Cl)cccc2n1CC1CCSCC1. The molecule has 0 radical (unpaired) electrons. The van der Waals surface area contributed by atoms with Crippen LogP contribution in [0.5, 0.6) is 0 Å². The van der Waals surface area contributed by atoms with Gasteiger partial charge in [-0.15, -0.1) is 0 Å². The monoisotopic (exact) mass is 281 g/mol. The van der Waals surface area contributed by atoms with Crippen LogP contribution in [0.2, 0.25) is 5.02 Å². The van der Waals surface area contributed by atoms with Gasteiger partial charge in [0.05, 0.1) is 10.5 Å². The zero-order valence-electron chi connectivity index (χ0n) is 10.1. The summed E-state index contributed by atoms with van der Waals surface area (Å²) in [5, 5.41) is 0.678. The summed E-state index contributed by atoms with van der Waals surface area (Å²) in [5.74, 6) is 3.82. The first-order valence-electron chi connectivity index (χ1n) is 6.23. The van der Waals surface area contributed by atoms with Crippen molar-refractivity contribution in [3.8, 4) is 0 Å². The Hall–Kier alpha value is -0.870. The summed E-state index contributed by atoms with van der Waals surface area (Å²) < 4.78 is 2.11. The van der Waals surface area contributed by atoms with Crippen molar-refractivity contribution in [3.05, 3.63) is 23.2 Å². The number of imidazole rings is 1. The summed E-state index contributed by atoms with van der Waals surface area (Å²) in [6.07, 6.45) is 2.54. The lowest BCUT2D eigenvalue weighted by molar-refractivity contribution is 0.425. The number of benzene rings is 1. The maximum absolute atomic E-state index is 6.15. The van der Waals surface area contributed by atoms with Crippen LogP contribution in [0, 0.1) is 5.92 Å². The molecule has 0 amide bonds. The van der Waals surface area contributed by atoms with Gasteiger partial charge in [-0.05, 0) is 42.4 Å². The molecule has 96 valence electrons. The first-order valence-corrected chi connectivity index (χ1v) is 7.77. The van der Waals surface area contributed by atoms with Crippen LogP contribution in [0.25, 0.3) is 11.0 Å². The summed E-state index contributed by atoms with van der Waals surface area (Å²) in [6.45, 7) is 0.962. The van der Waals surface area contributed by atoms with Gasteiger partial charge in [0.25, 0.3) is 0 Å². The first-order chi connectivity index (χ1) is 8.75. The van der Waals surface area contributed by atoms with E-state index in [1.165, 1.54) is 24.3 Å². The zero-order valence-corrected chi connectivity index (χ0v) is 11.7. The Morgan fingerprint density at radius 3 is 2.94 bits per heavy atom. The molecule has 2 aromatic rings. The molecule has 1 fully saturated rings. The van der Waals surface area contributed by atoms with Gasteiger partial charge in [-0.25, -0.2) is 4.98 Å². The number of anilines is 1. The molecule has 0 saturated carbocycles. The summed E-state index contributed by atoms with van der Waals surface area (Å²) in [4.78, 5) is 4.38. The fourth-order valence-corrected chi connectivity index (χ4v) is 3.93. The van der Waals surface area contributed by atoms with Crippen LogP contribution in [0.3, 0.4) is 0 Å². The summed E-state index contributed by atoms with van der Waals surface area (Å²) in [5.41, 5.74) is 7.90. The lowest BCUT2D eigenvalue weighted by atomic mass is 10.0. The number of thioether (sulfide) groups is 1. The molecule has 1 aromatic carbocycles. The van der Waals surface area contributed by atoms with Gasteiger partial charge in [0, 0.05) is 6.54 Å². The number of nitrogens with zero attached hydrogens (tertiary/aromatic N) is 2. The van der Waals surface area contributed by atoms with Crippen molar-refractivity contribution in [1.29, 1.82) is 0 Å². The fraction of sp³-hybridized carbons (Fsp3) is 0.462. The number of para-hydroxylation sites is 1.